The van der Waals surface area contributed by atoms with Crippen molar-refractivity contribution in [2.24, 2.45) is 5.92 Å². The van der Waals surface area contributed by atoms with Crippen LogP contribution in [0.1, 0.15) is 69.8 Å². The first-order chi connectivity index (χ1) is 14.2. The van der Waals surface area contributed by atoms with Gasteiger partial charge < -0.3 is 4.52 Å². The summed E-state index contributed by atoms with van der Waals surface area (Å²) >= 11 is 6.24. The average Bonchev–Trinajstić information content (AvgIpc) is 3.25. The molecular weight excluding hydrogens is 380 g/mol. The van der Waals surface area contributed by atoms with Crippen molar-refractivity contribution >= 4 is 11.6 Å². The number of hydrogen-bond acceptors (Lipinski definition) is 3. The van der Waals surface area contributed by atoms with E-state index in [1.165, 1.54) is 56.9 Å². The van der Waals surface area contributed by atoms with E-state index in [0.717, 1.165) is 17.0 Å². The second kappa shape index (κ2) is 9.58. The summed E-state index contributed by atoms with van der Waals surface area (Å²) in [7, 11) is 0. The van der Waals surface area contributed by atoms with E-state index in [0.29, 0.717) is 22.7 Å². The number of halogens is 1. The third-order valence-corrected chi connectivity index (χ3v) is 6.56. The van der Waals surface area contributed by atoms with Gasteiger partial charge in [0.05, 0.1) is 5.02 Å². The van der Waals surface area contributed by atoms with Gasteiger partial charge in [0.2, 0.25) is 5.82 Å². The molecule has 0 radical (unpaired) electrons. The smallest absolute Gasteiger partial charge is 0.258 e. The van der Waals surface area contributed by atoms with Crippen LogP contribution in [0.2, 0.25) is 5.02 Å². The molecule has 2 aromatic carbocycles. The molecule has 3 nitrogen and oxygen atoms in total. The molecule has 0 unspecified atom stereocenters. The van der Waals surface area contributed by atoms with E-state index in [-0.39, 0.29) is 0 Å². The molecule has 3 aromatic rings. The van der Waals surface area contributed by atoms with Gasteiger partial charge in [-0.2, -0.15) is 4.98 Å². The predicted molar refractivity (Wildman–Crippen MR) is 119 cm³/mol. The summed E-state index contributed by atoms with van der Waals surface area (Å²) in [5.41, 5.74) is 3.18. The normalized spacial score (nSPS) is 19.4. The van der Waals surface area contributed by atoms with Crippen molar-refractivity contribution in [1.82, 2.24) is 10.1 Å². The van der Waals surface area contributed by atoms with Gasteiger partial charge in [-0.05, 0) is 67.3 Å². The van der Waals surface area contributed by atoms with Crippen LogP contribution in [-0.4, -0.2) is 10.1 Å². The minimum absolute atomic E-state index is 0.524. The third-order valence-electron chi connectivity index (χ3n) is 6.23. The van der Waals surface area contributed by atoms with Crippen molar-refractivity contribution in [2.45, 2.75) is 64.2 Å². The van der Waals surface area contributed by atoms with E-state index >= 15 is 0 Å². The summed E-state index contributed by atoms with van der Waals surface area (Å²) in [5, 5.41) is 4.73. The molecule has 4 heteroatoms. The summed E-state index contributed by atoms with van der Waals surface area (Å²) in [5.74, 6) is 2.69. The van der Waals surface area contributed by atoms with E-state index in [2.05, 4.69) is 41.3 Å². The Morgan fingerprint density at radius 3 is 2.45 bits per heavy atom. The van der Waals surface area contributed by atoms with Gasteiger partial charge in [0, 0.05) is 11.1 Å². The number of hydrogen-bond donors (Lipinski definition) is 0. The molecule has 0 bridgehead atoms. The fraction of sp³-hybridized carbons (Fsp3) is 0.440. The summed E-state index contributed by atoms with van der Waals surface area (Å²) < 4.78 is 5.49. The topological polar surface area (TPSA) is 38.9 Å². The van der Waals surface area contributed by atoms with Gasteiger partial charge in [-0.3, -0.25) is 0 Å². The first-order valence-electron chi connectivity index (χ1n) is 10.9. The van der Waals surface area contributed by atoms with Gasteiger partial charge in [0.15, 0.2) is 0 Å². The van der Waals surface area contributed by atoms with Crippen LogP contribution in [-0.2, 0) is 0 Å². The van der Waals surface area contributed by atoms with Crippen molar-refractivity contribution < 1.29 is 4.52 Å². The van der Waals surface area contributed by atoms with Crippen molar-refractivity contribution in [3.05, 3.63) is 59.1 Å². The zero-order chi connectivity index (χ0) is 20.1. The molecule has 1 fully saturated rings. The highest BCUT2D eigenvalue weighted by Gasteiger charge is 2.22. The van der Waals surface area contributed by atoms with Crippen LogP contribution in [0, 0.1) is 5.92 Å². The molecule has 1 heterocycles. The maximum Gasteiger partial charge on any atom is 0.258 e. The minimum Gasteiger partial charge on any atom is -0.334 e. The molecule has 0 amide bonds. The molecule has 152 valence electrons. The highest BCUT2D eigenvalue weighted by molar-refractivity contribution is 6.33. The van der Waals surface area contributed by atoms with Crippen LogP contribution in [0.15, 0.2) is 53.1 Å². The van der Waals surface area contributed by atoms with E-state index in [9.17, 15) is 0 Å². The third kappa shape index (κ3) is 4.90. The van der Waals surface area contributed by atoms with Gasteiger partial charge in [-0.15, -0.1) is 0 Å². The van der Waals surface area contributed by atoms with E-state index < -0.39 is 0 Å². The monoisotopic (exact) mass is 408 g/mol. The van der Waals surface area contributed by atoms with Crippen LogP contribution < -0.4 is 0 Å². The maximum atomic E-state index is 6.24. The quantitative estimate of drug-likeness (QED) is 0.373. The number of nitrogens with zero attached hydrogens (tertiary/aromatic N) is 2. The number of aromatic nitrogens is 2. The van der Waals surface area contributed by atoms with Gasteiger partial charge in [-0.25, -0.2) is 0 Å². The molecular formula is C25H29ClN2O. The Balaban J connectivity index is 1.38. The molecule has 1 aromatic heterocycles. The summed E-state index contributed by atoms with van der Waals surface area (Å²) in [6, 6.07) is 16.2. The highest BCUT2D eigenvalue weighted by Crippen LogP contribution is 2.38. The van der Waals surface area contributed by atoms with Crippen molar-refractivity contribution in [3.8, 4) is 22.8 Å². The van der Waals surface area contributed by atoms with Crippen molar-refractivity contribution in [1.29, 1.82) is 0 Å². The summed E-state index contributed by atoms with van der Waals surface area (Å²) in [6.07, 6.45) is 10.9. The largest absolute Gasteiger partial charge is 0.334 e. The Morgan fingerprint density at radius 2 is 1.72 bits per heavy atom. The lowest BCUT2D eigenvalue weighted by molar-refractivity contribution is 0.303. The minimum atomic E-state index is 0.524. The summed E-state index contributed by atoms with van der Waals surface area (Å²) in [4.78, 5) is 4.54. The van der Waals surface area contributed by atoms with Crippen LogP contribution in [0.4, 0.5) is 0 Å². The molecule has 4 rings (SSSR count). The zero-order valence-electron chi connectivity index (χ0n) is 17.1. The lowest BCUT2D eigenvalue weighted by Gasteiger charge is -2.29. The Labute approximate surface area is 178 Å². The Bertz CT molecular complexity index is 911. The second-order valence-corrected chi connectivity index (χ2v) is 8.65. The first-order valence-corrected chi connectivity index (χ1v) is 11.3. The molecule has 1 saturated carbocycles. The van der Waals surface area contributed by atoms with E-state index in [1.807, 2.05) is 24.3 Å². The molecule has 0 aliphatic heterocycles. The molecule has 0 atom stereocenters. The molecule has 0 saturated heterocycles. The number of benzene rings is 2. The SMILES string of the molecule is CCCCCC1CCC(c2ccc(-c3nc(-c4ccccc4Cl)no3)cc2)CC1. The fourth-order valence-electron chi connectivity index (χ4n) is 4.46. The van der Waals surface area contributed by atoms with Crippen LogP contribution in [0.25, 0.3) is 22.8 Å². The molecule has 1 aliphatic rings. The molecule has 0 N–H and O–H groups in total. The molecule has 29 heavy (non-hydrogen) atoms. The lowest BCUT2D eigenvalue weighted by Crippen LogP contribution is -2.13. The van der Waals surface area contributed by atoms with Crippen molar-refractivity contribution in [2.75, 3.05) is 0 Å². The zero-order valence-corrected chi connectivity index (χ0v) is 17.9. The first kappa shape index (κ1) is 20.2. The maximum absolute atomic E-state index is 6.24. The molecule has 1 aliphatic carbocycles. The van der Waals surface area contributed by atoms with Crippen LogP contribution in [0.5, 0.6) is 0 Å². The predicted octanol–water partition coefficient (Wildman–Crippen LogP) is 7.91. The lowest BCUT2D eigenvalue weighted by atomic mass is 9.77. The number of unbranched alkanes of at least 4 members (excludes halogenated alkanes) is 2. The Hall–Kier alpha value is -2.13. The van der Waals surface area contributed by atoms with Crippen LogP contribution in [0.3, 0.4) is 0 Å². The van der Waals surface area contributed by atoms with Crippen LogP contribution >= 0.6 is 11.6 Å². The summed E-state index contributed by atoms with van der Waals surface area (Å²) in [6.45, 7) is 2.28. The highest BCUT2D eigenvalue weighted by atomic mass is 35.5. The van der Waals surface area contributed by atoms with Gasteiger partial charge in [0.1, 0.15) is 0 Å². The van der Waals surface area contributed by atoms with Crippen molar-refractivity contribution in [3.63, 3.8) is 0 Å². The van der Waals surface area contributed by atoms with E-state index in [4.69, 9.17) is 16.1 Å². The Kier molecular flexibility index (Phi) is 6.66. The average molecular weight is 409 g/mol. The van der Waals surface area contributed by atoms with E-state index in [1.54, 1.807) is 0 Å². The second-order valence-electron chi connectivity index (χ2n) is 8.24. The fourth-order valence-corrected chi connectivity index (χ4v) is 4.68. The molecule has 0 spiro atoms. The van der Waals surface area contributed by atoms with Gasteiger partial charge in [0.25, 0.3) is 5.89 Å². The van der Waals surface area contributed by atoms with Gasteiger partial charge >= 0.3 is 0 Å². The standard InChI is InChI=1S/C25H29ClN2O/c1-2-3-4-7-18-10-12-19(13-11-18)20-14-16-21(17-15-20)25-27-24(28-29-25)22-8-5-6-9-23(22)26/h5-6,8-9,14-19H,2-4,7,10-13H2,1H3. The number of rotatable bonds is 7. The van der Waals surface area contributed by atoms with Gasteiger partial charge in [-0.1, -0.05) is 73.6 Å². The Morgan fingerprint density at radius 1 is 0.966 bits per heavy atom.